The number of rotatable bonds is 7. The average Bonchev–Trinajstić information content (AvgIpc) is 3.19. The van der Waals surface area contributed by atoms with E-state index in [1.807, 2.05) is 60.4 Å². The van der Waals surface area contributed by atoms with Gasteiger partial charge in [-0.05, 0) is 61.7 Å². The highest BCUT2D eigenvalue weighted by Crippen LogP contribution is 2.25. The van der Waals surface area contributed by atoms with Crippen LogP contribution in [0.25, 0.3) is 0 Å². The minimum absolute atomic E-state index is 0.133. The summed E-state index contributed by atoms with van der Waals surface area (Å²) in [5.41, 5.74) is 1.98. The van der Waals surface area contributed by atoms with E-state index in [9.17, 15) is 4.79 Å². The van der Waals surface area contributed by atoms with Crippen LogP contribution in [0.15, 0.2) is 60.9 Å². The number of likely N-dealkylation sites (N-methyl/N-ethyl adjacent to an activating group) is 1. The number of benzene rings is 2. The molecule has 1 fully saturated rings. The molecule has 0 bridgehead atoms. The molecular weight excluding hydrogens is 393 g/mol. The van der Waals surface area contributed by atoms with E-state index >= 15 is 0 Å². The molecule has 0 aromatic heterocycles. The van der Waals surface area contributed by atoms with Crippen LogP contribution in [0.2, 0.25) is 10.0 Å². The fourth-order valence-electron chi connectivity index (χ4n) is 3.48. The number of amides is 1. The van der Waals surface area contributed by atoms with Crippen LogP contribution in [0.1, 0.15) is 25.3 Å². The van der Waals surface area contributed by atoms with Crippen LogP contribution >= 0.6 is 23.2 Å². The van der Waals surface area contributed by atoms with Crippen molar-refractivity contribution >= 4 is 34.8 Å². The SMILES string of the molecule is C=C(Nc1ccc(Cl)cc1)N1CCC[C@@H]1C(=O)N(CC)Cc1ccc(Cl)cc1. The summed E-state index contributed by atoms with van der Waals surface area (Å²) in [6, 6.07) is 14.9. The molecule has 0 saturated carbocycles. The summed E-state index contributed by atoms with van der Waals surface area (Å²) >= 11 is 11.9. The van der Waals surface area contributed by atoms with Crippen molar-refractivity contribution in [1.29, 1.82) is 0 Å². The number of nitrogens with zero attached hydrogens (tertiary/aromatic N) is 2. The molecule has 3 rings (SSSR count). The largest absolute Gasteiger partial charge is 0.347 e. The topological polar surface area (TPSA) is 35.6 Å². The lowest BCUT2D eigenvalue weighted by atomic mass is 10.1. The molecule has 1 saturated heterocycles. The molecule has 1 aliphatic heterocycles. The monoisotopic (exact) mass is 417 g/mol. The van der Waals surface area contributed by atoms with Crippen LogP contribution in [0.5, 0.6) is 0 Å². The Balaban J connectivity index is 1.67. The minimum atomic E-state index is -0.195. The van der Waals surface area contributed by atoms with Crippen LogP contribution < -0.4 is 5.32 Å². The van der Waals surface area contributed by atoms with Gasteiger partial charge in [0.25, 0.3) is 0 Å². The summed E-state index contributed by atoms with van der Waals surface area (Å²) in [7, 11) is 0. The Morgan fingerprint density at radius 1 is 1.14 bits per heavy atom. The molecule has 0 radical (unpaired) electrons. The zero-order valence-electron chi connectivity index (χ0n) is 16.0. The predicted molar refractivity (Wildman–Crippen MR) is 116 cm³/mol. The summed E-state index contributed by atoms with van der Waals surface area (Å²) < 4.78 is 0. The van der Waals surface area contributed by atoms with E-state index in [0.717, 1.165) is 36.5 Å². The maximum atomic E-state index is 13.2. The van der Waals surface area contributed by atoms with E-state index in [1.54, 1.807) is 0 Å². The number of likely N-dealkylation sites (tertiary alicyclic amines) is 1. The van der Waals surface area contributed by atoms with E-state index < -0.39 is 0 Å². The number of nitrogens with one attached hydrogen (secondary N) is 1. The van der Waals surface area contributed by atoms with E-state index in [0.29, 0.717) is 23.1 Å². The fourth-order valence-corrected chi connectivity index (χ4v) is 3.74. The van der Waals surface area contributed by atoms with E-state index in [1.165, 1.54) is 0 Å². The first-order chi connectivity index (χ1) is 13.5. The van der Waals surface area contributed by atoms with Crippen molar-refractivity contribution in [1.82, 2.24) is 9.80 Å². The Bertz CT molecular complexity index is 821. The highest BCUT2D eigenvalue weighted by molar-refractivity contribution is 6.30. The first kappa shape index (κ1) is 20.6. The second-order valence-corrected chi connectivity index (χ2v) is 7.78. The van der Waals surface area contributed by atoms with Crippen molar-refractivity contribution in [3.63, 3.8) is 0 Å². The third kappa shape index (κ3) is 5.00. The summed E-state index contributed by atoms with van der Waals surface area (Å²) in [5, 5.41) is 4.68. The van der Waals surface area contributed by atoms with E-state index in [4.69, 9.17) is 23.2 Å². The van der Waals surface area contributed by atoms with Gasteiger partial charge < -0.3 is 15.1 Å². The van der Waals surface area contributed by atoms with Gasteiger partial charge in [-0.25, -0.2) is 0 Å². The number of hydrogen-bond donors (Lipinski definition) is 1. The summed E-state index contributed by atoms with van der Waals surface area (Å²) in [6.45, 7) is 8.22. The van der Waals surface area contributed by atoms with Gasteiger partial charge in [-0.15, -0.1) is 0 Å². The molecule has 1 heterocycles. The molecule has 6 heteroatoms. The Labute approximate surface area is 176 Å². The number of carbonyl (C=O) groups is 1. The zero-order valence-corrected chi connectivity index (χ0v) is 17.5. The predicted octanol–water partition coefficient (Wildman–Crippen LogP) is 5.39. The van der Waals surface area contributed by atoms with Gasteiger partial charge in [0, 0.05) is 35.4 Å². The van der Waals surface area contributed by atoms with Crippen LogP contribution in [0.4, 0.5) is 5.69 Å². The molecule has 2 aromatic carbocycles. The van der Waals surface area contributed by atoms with Gasteiger partial charge in [0.05, 0.1) is 5.82 Å². The maximum absolute atomic E-state index is 13.2. The number of anilines is 1. The molecule has 1 aliphatic rings. The van der Waals surface area contributed by atoms with Gasteiger partial charge in [-0.2, -0.15) is 0 Å². The molecule has 28 heavy (non-hydrogen) atoms. The van der Waals surface area contributed by atoms with Crippen molar-refractivity contribution in [3.8, 4) is 0 Å². The van der Waals surface area contributed by atoms with Gasteiger partial charge >= 0.3 is 0 Å². The maximum Gasteiger partial charge on any atom is 0.245 e. The average molecular weight is 418 g/mol. The Morgan fingerprint density at radius 2 is 1.75 bits per heavy atom. The third-order valence-corrected chi connectivity index (χ3v) is 5.50. The molecule has 0 unspecified atom stereocenters. The van der Waals surface area contributed by atoms with Gasteiger partial charge in [-0.3, -0.25) is 4.79 Å². The Morgan fingerprint density at radius 3 is 2.36 bits per heavy atom. The summed E-state index contributed by atoms with van der Waals surface area (Å²) in [4.78, 5) is 17.2. The molecule has 0 aliphatic carbocycles. The summed E-state index contributed by atoms with van der Waals surface area (Å²) in [5.74, 6) is 0.870. The highest BCUT2D eigenvalue weighted by atomic mass is 35.5. The van der Waals surface area contributed by atoms with Crippen molar-refractivity contribution in [2.24, 2.45) is 0 Å². The molecule has 0 spiro atoms. The number of hydrogen-bond acceptors (Lipinski definition) is 3. The lowest BCUT2D eigenvalue weighted by molar-refractivity contribution is -0.135. The third-order valence-electron chi connectivity index (χ3n) is 5.00. The molecule has 4 nitrogen and oxygen atoms in total. The standard InChI is InChI=1S/C22H25Cl2N3O/c1-3-26(15-17-6-8-18(23)9-7-17)22(28)21-5-4-14-27(21)16(2)25-20-12-10-19(24)11-13-20/h6-13,21,25H,2-5,14-15H2,1H3/t21-/m1/s1. The summed E-state index contributed by atoms with van der Waals surface area (Å²) in [6.07, 6.45) is 1.80. The number of halogens is 2. The zero-order chi connectivity index (χ0) is 20.1. The fraction of sp³-hybridized carbons (Fsp3) is 0.318. The molecule has 148 valence electrons. The van der Waals surface area contributed by atoms with Gasteiger partial charge in [0.15, 0.2) is 0 Å². The second kappa shape index (κ2) is 9.35. The Hall–Kier alpha value is -2.17. The molecular formula is C22H25Cl2N3O. The van der Waals surface area contributed by atoms with Crippen molar-refractivity contribution in [3.05, 3.63) is 76.5 Å². The van der Waals surface area contributed by atoms with Crippen molar-refractivity contribution < 1.29 is 4.79 Å². The van der Waals surface area contributed by atoms with Gasteiger partial charge in [-0.1, -0.05) is 41.9 Å². The molecule has 1 N–H and O–H groups in total. The van der Waals surface area contributed by atoms with Gasteiger partial charge in [0.2, 0.25) is 5.91 Å². The molecule has 1 atom stereocenters. The molecule has 2 aromatic rings. The Kier molecular flexibility index (Phi) is 6.87. The smallest absolute Gasteiger partial charge is 0.245 e. The lowest BCUT2D eigenvalue weighted by Crippen LogP contribution is -2.45. The first-order valence-electron chi connectivity index (χ1n) is 9.49. The van der Waals surface area contributed by atoms with Gasteiger partial charge in [0.1, 0.15) is 6.04 Å². The van der Waals surface area contributed by atoms with Crippen molar-refractivity contribution in [2.75, 3.05) is 18.4 Å². The van der Waals surface area contributed by atoms with Crippen LogP contribution in [-0.2, 0) is 11.3 Å². The minimum Gasteiger partial charge on any atom is -0.347 e. The molecule has 1 amide bonds. The normalized spacial score (nSPS) is 16.1. The van der Waals surface area contributed by atoms with Crippen LogP contribution in [0.3, 0.4) is 0 Å². The second-order valence-electron chi connectivity index (χ2n) is 6.91. The van der Waals surface area contributed by atoms with E-state index in [2.05, 4.69) is 16.8 Å². The number of carbonyl (C=O) groups excluding carboxylic acids is 1. The highest BCUT2D eigenvalue weighted by Gasteiger charge is 2.34. The first-order valence-corrected chi connectivity index (χ1v) is 10.2. The van der Waals surface area contributed by atoms with Crippen LogP contribution in [0, 0.1) is 0 Å². The van der Waals surface area contributed by atoms with E-state index in [-0.39, 0.29) is 11.9 Å². The lowest BCUT2D eigenvalue weighted by Gasteiger charge is -2.32. The quantitative estimate of drug-likeness (QED) is 0.655. The van der Waals surface area contributed by atoms with Crippen molar-refractivity contribution in [2.45, 2.75) is 32.4 Å². The van der Waals surface area contributed by atoms with Crippen LogP contribution in [-0.4, -0.2) is 34.8 Å².